The van der Waals surface area contributed by atoms with Gasteiger partial charge >= 0.3 is 12.1 Å². The number of amides is 3. The lowest BCUT2D eigenvalue weighted by atomic mass is 10.0. The third kappa shape index (κ3) is 10.1. The van der Waals surface area contributed by atoms with Crippen LogP contribution in [0.4, 0.5) is 4.79 Å². The molecule has 3 amide bonds. The third-order valence-corrected chi connectivity index (χ3v) is 4.72. The molecule has 0 aromatic heterocycles. The lowest BCUT2D eigenvalue weighted by Crippen LogP contribution is -2.56. The molecule has 2 aromatic rings. The van der Waals surface area contributed by atoms with E-state index in [9.17, 15) is 29.3 Å². The van der Waals surface area contributed by atoms with Gasteiger partial charge in [0.15, 0.2) is 0 Å². The molecule has 0 aliphatic carbocycles. The summed E-state index contributed by atoms with van der Waals surface area (Å²) in [5.74, 6) is -2.53. The smallest absolute Gasteiger partial charge is 0.408 e. The number of nitrogens with one attached hydrogen (secondary N) is 3. The number of hydrogen-bond donors (Lipinski definition) is 3. The van der Waals surface area contributed by atoms with Crippen molar-refractivity contribution in [2.75, 3.05) is 20.3 Å². The summed E-state index contributed by atoms with van der Waals surface area (Å²) in [6, 6.07) is 14.8. The Kier molecular flexibility index (Phi) is 11.1. The van der Waals surface area contributed by atoms with Gasteiger partial charge in [0.05, 0.1) is 7.11 Å². The molecule has 0 spiro atoms. The number of nitrogens with zero attached hydrogens (tertiary/aromatic N) is 1. The first-order valence-corrected chi connectivity index (χ1v) is 10.7. The van der Waals surface area contributed by atoms with Gasteiger partial charge in [-0.3, -0.25) is 14.4 Å². The van der Waals surface area contributed by atoms with Gasteiger partial charge in [-0.2, -0.15) is 0 Å². The Labute approximate surface area is 206 Å². The number of methoxy groups -OCH3 is 1. The molecule has 0 bridgehead atoms. The largest absolute Gasteiger partial charge is 0.468 e. The van der Waals surface area contributed by atoms with E-state index in [2.05, 4.69) is 25.5 Å². The molecule has 0 heterocycles. The minimum atomic E-state index is -1.55. The van der Waals surface area contributed by atoms with E-state index < -0.39 is 54.2 Å². The van der Waals surface area contributed by atoms with Crippen molar-refractivity contribution in [1.82, 2.24) is 16.0 Å². The molecule has 0 aliphatic heterocycles. The van der Waals surface area contributed by atoms with Gasteiger partial charge in [0.2, 0.25) is 11.8 Å². The molecule has 0 saturated carbocycles. The fourth-order valence-electron chi connectivity index (χ4n) is 2.91. The Morgan fingerprint density at radius 2 is 1.50 bits per heavy atom. The molecule has 0 saturated heterocycles. The van der Waals surface area contributed by atoms with Gasteiger partial charge in [-0.15, -0.1) is 10.1 Å². The van der Waals surface area contributed by atoms with E-state index >= 15 is 0 Å². The van der Waals surface area contributed by atoms with Crippen LogP contribution in [-0.2, 0) is 41.7 Å². The number of esters is 1. The van der Waals surface area contributed by atoms with E-state index in [1.807, 2.05) is 6.07 Å². The quantitative estimate of drug-likeness (QED) is 0.200. The van der Waals surface area contributed by atoms with Crippen LogP contribution in [0.1, 0.15) is 11.1 Å². The summed E-state index contributed by atoms with van der Waals surface area (Å²) in [7, 11) is 1.11. The Bertz CT molecular complexity index is 1030. The maximum absolute atomic E-state index is 13.0. The van der Waals surface area contributed by atoms with Crippen LogP contribution in [-0.4, -0.2) is 61.3 Å². The zero-order valence-electron chi connectivity index (χ0n) is 19.4. The maximum Gasteiger partial charge on any atom is 0.408 e. The predicted octanol–water partition coefficient (Wildman–Crippen LogP) is 0.506. The summed E-state index contributed by atoms with van der Waals surface area (Å²) in [6.45, 7) is -1.40. The molecule has 0 fully saturated rings. The first-order chi connectivity index (χ1) is 17.3. The molecule has 2 rings (SSSR count). The lowest BCUT2D eigenvalue weighted by Gasteiger charge is -2.22. The standard InChI is InChI=1S/C23H26N4O9/c1-34-20(28)13-24-21(29)19(15-36-27(32)33)25-22(30)18(12-16-8-4-2-5-9-16)26-23(31)35-14-17-10-6-3-7-11-17/h2-11,18-19H,12-15H2,1H3,(H,24,29)(H,25,30)(H,26,31)/t18-,19-/m0/s1. The Morgan fingerprint density at radius 1 is 0.889 bits per heavy atom. The van der Waals surface area contributed by atoms with Crippen molar-refractivity contribution in [1.29, 1.82) is 0 Å². The number of carbonyl (C=O) groups excluding carboxylic acids is 4. The highest BCUT2D eigenvalue weighted by atomic mass is 16.9. The van der Waals surface area contributed by atoms with Crippen molar-refractivity contribution in [2.24, 2.45) is 0 Å². The van der Waals surface area contributed by atoms with Gasteiger partial charge in [0.25, 0.3) is 5.09 Å². The highest BCUT2D eigenvalue weighted by molar-refractivity contribution is 5.92. The second kappa shape index (κ2) is 14.6. The second-order valence-corrected chi connectivity index (χ2v) is 7.32. The summed E-state index contributed by atoms with van der Waals surface area (Å²) in [5.41, 5.74) is 1.42. The van der Waals surface area contributed by atoms with E-state index in [0.29, 0.717) is 5.56 Å². The van der Waals surface area contributed by atoms with Crippen molar-refractivity contribution in [3.63, 3.8) is 0 Å². The van der Waals surface area contributed by atoms with Crippen molar-refractivity contribution < 1.29 is 38.6 Å². The minimum Gasteiger partial charge on any atom is -0.468 e. The fourth-order valence-corrected chi connectivity index (χ4v) is 2.91. The Balaban J connectivity index is 2.11. The van der Waals surface area contributed by atoms with E-state index in [1.54, 1.807) is 54.6 Å². The molecule has 0 radical (unpaired) electrons. The minimum absolute atomic E-state index is 0.0275. The molecule has 13 nitrogen and oxygen atoms in total. The Morgan fingerprint density at radius 3 is 2.08 bits per heavy atom. The molecule has 13 heteroatoms. The molecular formula is C23H26N4O9. The predicted molar refractivity (Wildman–Crippen MR) is 124 cm³/mol. The van der Waals surface area contributed by atoms with Crippen LogP contribution in [0.15, 0.2) is 60.7 Å². The topological polar surface area (TPSA) is 175 Å². The molecule has 0 unspecified atom stereocenters. The van der Waals surface area contributed by atoms with Crippen molar-refractivity contribution in [3.8, 4) is 0 Å². The third-order valence-electron chi connectivity index (χ3n) is 4.72. The van der Waals surface area contributed by atoms with Gasteiger partial charge < -0.3 is 30.3 Å². The zero-order valence-corrected chi connectivity index (χ0v) is 19.4. The van der Waals surface area contributed by atoms with Gasteiger partial charge in [-0.1, -0.05) is 60.7 Å². The lowest BCUT2D eigenvalue weighted by molar-refractivity contribution is -0.757. The molecule has 0 aliphatic rings. The summed E-state index contributed by atoms with van der Waals surface area (Å²) in [6.07, 6.45) is -0.858. The van der Waals surface area contributed by atoms with Gasteiger partial charge in [-0.25, -0.2) is 4.79 Å². The SMILES string of the molecule is COC(=O)CNC(=O)[C@H](CO[N+](=O)[O-])NC(=O)[C@H](Cc1ccccc1)NC(=O)OCc1ccccc1. The normalized spacial score (nSPS) is 11.8. The molecule has 36 heavy (non-hydrogen) atoms. The average molecular weight is 502 g/mol. The number of ether oxygens (including phenoxy) is 2. The molecule has 192 valence electrons. The first kappa shape index (κ1) is 27.6. The number of alkyl carbamates (subject to hydrolysis) is 1. The van der Waals surface area contributed by atoms with Crippen LogP contribution in [0.2, 0.25) is 0 Å². The maximum atomic E-state index is 13.0. The Hall–Kier alpha value is -4.68. The molecule has 2 atom stereocenters. The summed E-state index contributed by atoms with van der Waals surface area (Å²) >= 11 is 0. The van der Waals surface area contributed by atoms with Gasteiger partial charge in [0.1, 0.15) is 31.8 Å². The van der Waals surface area contributed by atoms with Crippen LogP contribution < -0.4 is 16.0 Å². The average Bonchev–Trinajstić information content (AvgIpc) is 2.88. The monoisotopic (exact) mass is 502 g/mol. The van der Waals surface area contributed by atoms with Crippen LogP contribution in [0.5, 0.6) is 0 Å². The number of benzene rings is 2. The van der Waals surface area contributed by atoms with Crippen LogP contribution in [0.3, 0.4) is 0 Å². The highest BCUT2D eigenvalue weighted by Gasteiger charge is 2.28. The number of hydrogen-bond acceptors (Lipinski definition) is 9. The van der Waals surface area contributed by atoms with Gasteiger partial charge in [-0.05, 0) is 11.1 Å². The van der Waals surface area contributed by atoms with Crippen molar-refractivity contribution >= 4 is 23.9 Å². The van der Waals surface area contributed by atoms with Crippen molar-refractivity contribution in [2.45, 2.75) is 25.1 Å². The number of carbonyl (C=O) groups is 4. The van der Waals surface area contributed by atoms with E-state index in [0.717, 1.165) is 12.7 Å². The van der Waals surface area contributed by atoms with Crippen molar-refractivity contribution in [3.05, 3.63) is 81.9 Å². The van der Waals surface area contributed by atoms with E-state index in [-0.39, 0.29) is 13.0 Å². The van der Waals surface area contributed by atoms with Crippen LogP contribution >= 0.6 is 0 Å². The first-order valence-electron chi connectivity index (χ1n) is 10.7. The summed E-state index contributed by atoms with van der Waals surface area (Å²) < 4.78 is 9.60. The second-order valence-electron chi connectivity index (χ2n) is 7.32. The summed E-state index contributed by atoms with van der Waals surface area (Å²) in [5, 5.41) is 16.4. The highest BCUT2D eigenvalue weighted by Crippen LogP contribution is 2.06. The molecular weight excluding hydrogens is 476 g/mol. The zero-order chi connectivity index (χ0) is 26.3. The fraction of sp³-hybridized carbons (Fsp3) is 0.304. The van der Waals surface area contributed by atoms with Crippen LogP contribution in [0, 0.1) is 10.1 Å². The molecule has 2 aromatic carbocycles. The molecule has 3 N–H and O–H groups in total. The van der Waals surface area contributed by atoms with E-state index in [4.69, 9.17) is 4.74 Å². The summed E-state index contributed by atoms with van der Waals surface area (Å²) in [4.78, 5) is 64.0. The van der Waals surface area contributed by atoms with Gasteiger partial charge in [0, 0.05) is 6.42 Å². The van der Waals surface area contributed by atoms with E-state index in [1.165, 1.54) is 0 Å². The van der Waals surface area contributed by atoms with Crippen LogP contribution in [0.25, 0.3) is 0 Å². The number of rotatable bonds is 13.